The van der Waals surface area contributed by atoms with Crippen LogP contribution in [0.15, 0.2) is 42.5 Å². The largest absolute Gasteiger partial charge is 0.493 e. The molecule has 0 spiro atoms. The highest BCUT2D eigenvalue weighted by molar-refractivity contribution is 6.01. The maximum absolute atomic E-state index is 12.2. The second-order valence-electron chi connectivity index (χ2n) is 7.44. The normalized spacial score (nSPS) is 13.1. The van der Waals surface area contributed by atoms with Gasteiger partial charge in [0.1, 0.15) is 0 Å². The van der Waals surface area contributed by atoms with Crippen LogP contribution in [0.2, 0.25) is 0 Å². The molecule has 33 heavy (non-hydrogen) atoms. The fraction of sp³-hybridized carbons (Fsp3) is 0.333. The molecule has 3 rings (SSSR count). The molecule has 0 saturated carbocycles. The van der Waals surface area contributed by atoms with Crippen LogP contribution in [-0.2, 0) is 32.1 Å². The van der Waals surface area contributed by atoms with E-state index in [1.165, 1.54) is 17.0 Å². The van der Waals surface area contributed by atoms with Gasteiger partial charge in [-0.2, -0.15) is 0 Å². The number of carbonyl (C=O) groups excluding carboxylic acids is 4. The summed E-state index contributed by atoms with van der Waals surface area (Å²) in [6.45, 7) is 0.146. The van der Waals surface area contributed by atoms with E-state index in [1.807, 2.05) is 12.1 Å². The standard InChI is InChI=1S/C24H26N2O7/c1-31-19-8-5-16(13-20(19)32-2)11-12-25-21(27)15-33-24(30)18-6-3-17(4-7-18)14-26-22(28)9-10-23(26)29/h3-8,13H,9-12,14-15H2,1-2H3,(H,25,27). The summed E-state index contributed by atoms with van der Waals surface area (Å²) in [4.78, 5) is 48.8. The summed E-state index contributed by atoms with van der Waals surface area (Å²) < 4.78 is 15.5. The molecule has 3 amide bonds. The summed E-state index contributed by atoms with van der Waals surface area (Å²) in [7, 11) is 3.12. The lowest BCUT2D eigenvalue weighted by molar-refractivity contribution is -0.139. The van der Waals surface area contributed by atoms with Gasteiger partial charge in [-0.1, -0.05) is 18.2 Å². The van der Waals surface area contributed by atoms with E-state index in [-0.39, 0.29) is 36.8 Å². The molecule has 1 fully saturated rings. The Kier molecular flexibility index (Phi) is 8.01. The van der Waals surface area contributed by atoms with Crippen molar-refractivity contribution in [1.29, 1.82) is 0 Å². The van der Waals surface area contributed by atoms with Gasteiger partial charge < -0.3 is 19.5 Å². The van der Waals surface area contributed by atoms with Gasteiger partial charge >= 0.3 is 5.97 Å². The third-order valence-electron chi connectivity index (χ3n) is 5.20. The van der Waals surface area contributed by atoms with Crippen molar-refractivity contribution < 1.29 is 33.4 Å². The summed E-state index contributed by atoms with van der Waals surface area (Å²) in [6, 6.07) is 11.9. The molecule has 0 bridgehead atoms. The van der Waals surface area contributed by atoms with Crippen molar-refractivity contribution in [1.82, 2.24) is 10.2 Å². The van der Waals surface area contributed by atoms with Crippen molar-refractivity contribution >= 4 is 23.7 Å². The SMILES string of the molecule is COc1ccc(CCNC(=O)COC(=O)c2ccc(CN3C(=O)CCC3=O)cc2)cc1OC. The lowest BCUT2D eigenvalue weighted by Crippen LogP contribution is -2.30. The first-order valence-corrected chi connectivity index (χ1v) is 10.5. The minimum Gasteiger partial charge on any atom is -0.493 e. The van der Waals surface area contributed by atoms with Gasteiger partial charge in [-0.25, -0.2) is 4.79 Å². The number of hydrogen-bond acceptors (Lipinski definition) is 7. The van der Waals surface area contributed by atoms with Gasteiger partial charge in [0.2, 0.25) is 11.8 Å². The van der Waals surface area contributed by atoms with Gasteiger partial charge in [-0.05, 0) is 41.8 Å². The van der Waals surface area contributed by atoms with Crippen LogP contribution in [0.5, 0.6) is 11.5 Å². The fourth-order valence-electron chi connectivity index (χ4n) is 3.38. The van der Waals surface area contributed by atoms with Crippen LogP contribution in [0.1, 0.15) is 34.3 Å². The Balaban J connectivity index is 1.41. The molecule has 2 aromatic carbocycles. The fourth-order valence-corrected chi connectivity index (χ4v) is 3.38. The lowest BCUT2D eigenvalue weighted by atomic mass is 10.1. The number of nitrogens with one attached hydrogen (secondary N) is 1. The van der Waals surface area contributed by atoms with Gasteiger partial charge in [0.05, 0.1) is 26.3 Å². The van der Waals surface area contributed by atoms with E-state index in [0.717, 1.165) is 11.1 Å². The number of benzene rings is 2. The molecule has 0 radical (unpaired) electrons. The first kappa shape index (κ1) is 23.8. The van der Waals surface area contributed by atoms with Crippen molar-refractivity contribution in [2.24, 2.45) is 0 Å². The van der Waals surface area contributed by atoms with Gasteiger partial charge in [0.15, 0.2) is 18.1 Å². The van der Waals surface area contributed by atoms with E-state index in [4.69, 9.17) is 14.2 Å². The highest BCUT2D eigenvalue weighted by Gasteiger charge is 2.28. The van der Waals surface area contributed by atoms with Crippen LogP contribution in [-0.4, -0.2) is 56.0 Å². The molecule has 0 unspecified atom stereocenters. The number of esters is 1. The lowest BCUT2D eigenvalue weighted by Gasteiger charge is -2.13. The Morgan fingerprint density at radius 1 is 0.909 bits per heavy atom. The molecule has 0 atom stereocenters. The van der Waals surface area contributed by atoms with Crippen molar-refractivity contribution in [3.8, 4) is 11.5 Å². The van der Waals surface area contributed by atoms with Gasteiger partial charge in [-0.3, -0.25) is 19.3 Å². The summed E-state index contributed by atoms with van der Waals surface area (Å²) in [5, 5.41) is 2.70. The van der Waals surface area contributed by atoms with Crippen LogP contribution in [0.3, 0.4) is 0 Å². The number of hydrogen-bond donors (Lipinski definition) is 1. The first-order chi connectivity index (χ1) is 15.9. The van der Waals surface area contributed by atoms with E-state index < -0.39 is 18.5 Å². The number of carbonyl (C=O) groups is 4. The Morgan fingerprint density at radius 3 is 2.18 bits per heavy atom. The number of methoxy groups -OCH3 is 2. The maximum Gasteiger partial charge on any atom is 0.338 e. The van der Waals surface area contributed by atoms with E-state index >= 15 is 0 Å². The minimum atomic E-state index is -0.634. The average molecular weight is 454 g/mol. The summed E-state index contributed by atoms with van der Waals surface area (Å²) in [5.41, 5.74) is 1.96. The monoisotopic (exact) mass is 454 g/mol. The summed E-state index contributed by atoms with van der Waals surface area (Å²) >= 11 is 0. The number of nitrogens with zero attached hydrogens (tertiary/aromatic N) is 1. The quantitative estimate of drug-likeness (QED) is 0.431. The number of likely N-dealkylation sites (tertiary alicyclic amines) is 1. The molecule has 1 N–H and O–H groups in total. The third kappa shape index (κ3) is 6.31. The Morgan fingerprint density at radius 2 is 1.55 bits per heavy atom. The molecule has 1 aliphatic rings. The van der Waals surface area contributed by atoms with Gasteiger partial charge in [0.25, 0.3) is 5.91 Å². The van der Waals surface area contributed by atoms with Crippen molar-refractivity contribution in [2.45, 2.75) is 25.8 Å². The summed E-state index contributed by atoms with van der Waals surface area (Å²) in [5.74, 6) is -0.194. The van der Waals surface area contributed by atoms with E-state index in [2.05, 4.69) is 5.32 Å². The second-order valence-corrected chi connectivity index (χ2v) is 7.44. The zero-order valence-corrected chi connectivity index (χ0v) is 18.6. The van der Waals surface area contributed by atoms with Crippen LogP contribution < -0.4 is 14.8 Å². The predicted octanol–water partition coefficient (Wildman–Crippen LogP) is 1.87. The summed E-state index contributed by atoms with van der Waals surface area (Å²) in [6.07, 6.45) is 1.04. The Bertz CT molecular complexity index is 1020. The number of amides is 3. The third-order valence-corrected chi connectivity index (χ3v) is 5.20. The van der Waals surface area contributed by atoms with E-state index in [9.17, 15) is 19.2 Å². The first-order valence-electron chi connectivity index (χ1n) is 10.5. The Labute approximate surface area is 191 Å². The van der Waals surface area contributed by atoms with Crippen LogP contribution >= 0.6 is 0 Å². The second kappa shape index (κ2) is 11.1. The molecule has 174 valence electrons. The highest BCUT2D eigenvalue weighted by Crippen LogP contribution is 2.27. The van der Waals surface area contributed by atoms with Crippen LogP contribution in [0, 0.1) is 0 Å². The Hall–Kier alpha value is -3.88. The number of ether oxygens (including phenoxy) is 3. The molecule has 1 heterocycles. The molecule has 1 aliphatic heterocycles. The molecule has 0 aliphatic carbocycles. The zero-order valence-electron chi connectivity index (χ0n) is 18.6. The zero-order chi connectivity index (χ0) is 23.8. The number of imide groups is 1. The van der Waals surface area contributed by atoms with Gasteiger partial charge in [0, 0.05) is 19.4 Å². The molecular formula is C24H26N2O7. The van der Waals surface area contributed by atoms with Crippen molar-refractivity contribution in [3.05, 3.63) is 59.2 Å². The molecule has 9 heteroatoms. The van der Waals surface area contributed by atoms with Crippen molar-refractivity contribution in [2.75, 3.05) is 27.4 Å². The smallest absolute Gasteiger partial charge is 0.338 e. The highest BCUT2D eigenvalue weighted by atomic mass is 16.5. The molecule has 9 nitrogen and oxygen atoms in total. The minimum absolute atomic E-state index is 0.176. The predicted molar refractivity (Wildman–Crippen MR) is 118 cm³/mol. The molecule has 2 aromatic rings. The topological polar surface area (TPSA) is 111 Å². The van der Waals surface area contributed by atoms with E-state index in [1.54, 1.807) is 32.4 Å². The van der Waals surface area contributed by atoms with Crippen LogP contribution in [0.4, 0.5) is 0 Å². The molecule has 0 aromatic heterocycles. The molecule has 1 saturated heterocycles. The maximum atomic E-state index is 12.2. The van der Waals surface area contributed by atoms with Crippen molar-refractivity contribution in [3.63, 3.8) is 0 Å². The average Bonchev–Trinajstić information content (AvgIpc) is 3.15. The van der Waals surface area contributed by atoms with Gasteiger partial charge in [-0.15, -0.1) is 0 Å². The van der Waals surface area contributed by atoms with E-state index in [0.29, 0.717) is 24.5 Å². The molecular weight excluding hydrogens is 428 g/mol. The van der Waals surface area contributed by atoms with Crippen LogP contribution in [0.25, 0.3) is 0 Å². The number of rotatable bonds is 10.